The highest BCUT2D eigenvalue weighted by molar-refractivity contribution is 9.10. The van der Waals surface area contributed by atoms with Crippen LogP contribution >= 0.6 is 15.9 Å². The first-order valence-electron chi connectivity index (χ1n) is 7.40. The summed E-state index contributed by atoms with van der Waals surface area (Å²) in [7, 11) is 0. The molecular formula is C19H10BrFN2O3. The van der Waals surface area contributed by atoms with Gasteiger partial charge in [0, 0.05) is 4.47 Å². The Morgan fingerprint density at radius 3 is 2.58 bits per heavy atom. The standard InChI is InChI=1S/C19H10BrFN2O3/c20-14-3-1-12(2-4-14)13(11-22)9-16-6-8-19(26-16)17-7-5-15(21)10-18(17)23(24)25/h1-10H/b13-9+. The summed E-state index contributed by atoms with van der Waals surface area (Å²) in [6.45, 7) is 0. The van der Waals surface area contributed by atoms with E-state index in [-0.39, 0.29) is 17.0 Å². The van der Waals surface area contributed by atoms with Crippen molar-refractivity contribution >= 4 is 33.3 Å². The summed E-state index contributed by atoms with van der Waals surface area (Å²) in [5.74, 6) is -0.122. The third-order valence-electron chi connectivity index (χ3n) is 3.61. The normalized spacial score (nSPS) is 11.2. The molecule has 1 heterocycles. The second kappa shape index (κ2) is 7.33. The number of hydrogen-bond acceptors (Lipinski definition) is 4. The molecule has 128 valence electrons. The molecule has 0 saturated carbocycles. The van der Waals surface area contributed by atoms with Crippen molar-refractivity contribution in [3.63, 3.8) is 0 Å². The lowest BCUT2D eigenvalue weighted by Gasteiger charge is -2.00. The molecule has 0 atom stereocenters. The lowest BCUT2D eigenvalue weighted by molar-refractivity contribution is -0.384. The number of nitrogens with zero attached hydrogens (tertiary/aromatic N) is 2. The van der Waals surface area contributed by atoms with Crippen molar-refractivity contribution in [2.24, 2.45) is 0 Å². The molecule has 2 aromatic carbocycles. The van der Waals surface area contributed by atoms with Crippen LogP contribution in [0.15, 0.2) is 63.5 Å². The van der Waals surface area contributed by atoms with E-state index in [4.69, 9.17) is 4.42 Å². The van der Waals surface area contributed by atoms with Gasteiger partial charge < -0.3 is 4.42 Å². The molecular weight excluding hydrogens is 403 g/mol. The SMILES string of the molecule is N#C/C(=C\c1ccc(-c2ccc(F)cc2[N+](=O)[O-])o1)c1ccc(Br)cc1. The molecule has 0 aliphatic rings. The summed E-state index contributed by atoms with van der Waals surface area (Å²) in [5.41, 5.74) is 0.870. The zero-order chi connectivity index (χ0) is 18.7. The van der Waals surface area contributed by atoms with Gasteiger partial charge in [-0.15, -0.1) is 0 Å². The molecule has 1 aromatic heterocycles. The maximum atomic E-state index is 13.3. The summed E-state index contributed by atoms with van der Waals surface area (Å²) in [6.07, 6.45) is 1.54. The van der Waals surface area contributed by atoms with Crippen LogP contribution in [-0.2, 0) is 0 Å². The summed E-state index contributed by atoms with van der Waals surface area (Å²) >= 11 is 3.33. The van der Waals surface area contributed by atoms with Gasteiger partial charge in [0.2, 0.25) is 0 Å². The molecule has 0 unspecified atom stereocenters. The Bertz CT molecular complexity index is 1050. The maximum absolute atomic E-state index is 13.3. The van der Waals surface area contributed by atoms with Crippen molar-refractivity contribution in [1.82, 2.24) is 0 Å². The van der Waals surface area contributed by atoms with Gasteiger partial charge in [-0.1, -0.05) is 28.1 Å². The molecule has 0 bridgehead atoms. The van der Waals surface area contributed by atoms with Crippen LogP contribution in [0.2, 0.25) is 0 Å². The molecule has 3 rings (SSSR count). The van der Waals surface area contributed by atoms with Crippen LogP contribution in [0.4, 0.5) is 10.1 Å². The monoisotopic (exact) mass is 412 g/mol. The van der Waals surface area contributed by atoms with Crippen LogP contribution < -0.4 is 0 Å². The molecule has 26 heavy (non-hydrogen) atoms. The van der Waals surface area contributed by atoms with E-state index in [1.807, 2.05) is 12.1 Å². The van der Waals surface area contributed by atoms with E-state index in [1.165, 1.54) is 6.07 Å². The third kappa shape index (κ3) is 3.71. The first kappa shape index (κ1) is 17.6. The Morgan fingerprint density at radius 2 is 1.92 bits per heavy atom. The van der Waals surface area contributed by atoms with Crippen molar-refractivity contribution in [1.29, 1.82) is 5.26 Å². The van der Waals surface area contributed by atoms with Crippen LogP contribution in [0.5, 0.6) is 0 Å². The van der Waals surface area contributed by atoms with Gasteiger partial charge in [0.25, 0.3) is 5.69 Å². The zero-order valence-electron chi connectivity index (χ0n) is 13.1. The average Bonchev–Trinajstić information content (AvgIpc) is 3.09. The van der Waals surface area contributed by atoms with Gasteiger partial charge in [0.1, 0.15) is 17.3 Å². The predicted octanol–water partition coefficient (Wildman–Crippen LogP) is 5.82. The fourth-order valence-corrected chi connectivity index (χ4v) is 2.66. The fourth-order valence-electron chi connectivity index (χ4n) is 2.39. The molecule has 0 fully saturated rings. The molecule has 0 amide bonds. The Kier molecular flexibility index (Phi) is 4.96. The quantitative estimate of drug-likeness (QED) is 0.307. The van der Waals surface area contributed by atoms with Gasteiger partial charge in [0.05, 0.1) is 28.2 Å². The molecule has 0 radical (unpaired) electrons. The highest BCUT2D eigenvalue weighted by Crippen LogP contribution is 2.32. The lowest BCUT2D eigenvalue weighted by Crippen LogP contribution is -1.92. The molecule has 0 saturated heterocycles. The highest BCUT2D eigenvalue weighted by atomic mass is 79.9. The van der Waals surface area contributed by atoms with Crippen LogP contribution in [0.3, 0.4) is 0 Å². The van der Waals surface area contributed by atoms with Crippen LogP contribution in [0, 0.1) is 27.3 Å². The van der Waals surface area contributed by atoms with E-state index >= 15 is 0 Å². The smallest absolute Gasteiger partial charge is 0.283 e. The van der Waals surface area contributed by atoms with Crippen LogP contribution in [0.1, 0.15) is 11.3 Å². The second-order valence-electron chi connectivity index (χ2n) is 5.30. The van der Waals surface area contributed by atoms with Crippen LogP contribution in [-0.4, -0.2) is 4.92 Å². The molecule has 0 N–H and O–H groups in total. The molecule has 0 spiro atoms. The Hall–Kier alpha value is -3.24. The van der Waals surface area contributed by atoms with Gasteiger partial charge in [-0.05, 0) is 48.0 Å². The first-order valence-corrected chi connectivity index (χ1v) is 8.19. The van der Waals surface area contributed by atoms with Gasteiger partial charge in [0.15, 0.2) is 0 Å². The number of nitriles is 1. The number of nitro benzene ring substituents is 1. The second-order valence-corrected chi connectivity index (χ2v) is 6.21. The minimum absolute atomic E-state index is 0.165. The number of hydrogen-bond donors (Lipinski definition) is 0. The van der Waals surface area contributed by atoms with Gasteiger partial charge in [-0.25, -0.2) is 4.39 Å². The largest absolute Gasteiger partial charge is 0.456 e. The minimum atomic E-state index is -0.700. The third-order valence-corrected chi connectivity index (χ3v) is 4.14. The predicted molar refractivity (Wildman–Crippen MR) is 98.4 cm³/mol. The highest BCUT2D eigenvalue weighted by Gasteiger charge is 2.19. The number of benzene rings is 2. The summed E-state index contributed by atoms with van der Waals surface area (Å²) < 4.78 is 19.8. The summed E-state index contributed by atoms with van der Waals surface area (Å²) in [6, 6.07) is 15.7. The van der Waals surface area contributed by atoms with E-state index in [1.54, 1.807) is 30.3 Å². The molecule has 0 aliphatic carbocycles. The van der Waals surface area contributed by atoms with Crippen molar-refractivity contribution < 1.29 is 13.7 Å². The zero-order valence-corrected chi connectivity index (χ0v) is 14.7. The summed E-state index contributed by atoms with van der Waals surface area (Å²) in [5, 5.41) is 20.5. The van der Waals surface area contributed by atoms with Gasteiger partial charge in [-0.3, -0.25) is 10.1 Å². The van der Waals surface area contributed by atoms with E-state index in [0.29, 0.717) is 16.9 Å². The van der Waals surface area contributed by atoms with E-state index < -0.39 is 10.7 Å². The molecule has 7 heteroatoms. The Balaban J connectivity index is 1.99. The van der Waals surface area contributed by atoms with Gasteiger partial charge in [-0.2, -0.15) is 5.26 Å². The molecule has 0 aliphatic heterocycles. The Labute approximate surface area is 156 Å². The lowest BCUT2D eigenvalue weighted by atomic mass is 10.1. The Morgan fingerprint density at radius 1 is 1.19 bits per heavy atom. The maximum Gasteiger partial charge on any atom is 0.283 e. The topological polar surface area (TPSA) is 80.1 Å². The van der Waals surface area contributed by atoms with Crippen molar-refractivity contribution in [2.75, 3.05) is 0 Å². The summed E-state index contributed by atoms with van der Waals surface area (Å²) in [4.78, 5) is 10.5. The van der Waals surface area contributed by atoms with Crippen molar-refractivity contribution in [2.45, 2.75) is 0 Å². The number of rotatable bonds is 4. The molecule has 3 aromatic rings. The van der Waals surface area contributed by atoms with E-state index in [0.717, 1.165) is 16.6 Å². The van der Waals surface area contributed by atoms with Crippen molar-refractivity contribution in [3.8, 4) is 17.4 Å². The first-order chi connectivity index (χ1) is 12.5. The minimum Gasteiger partial charge on any atom is -0.456 e. The number of halogens is 2. The van der Waals surface area contributed by atoms with Crippen LogP contribution in [0.25, 0.3) is 23.0 Å². The van der Waals surface area contributed by atoms with E-state index in [9.17, 15) is 19.8 Å². The van der Waals surface area contributed by atoms with Crippen molar-refractivity contribution in [3.05, 3.63) is 86.3 Å². The number of nitro groups is 1. The number of furan rings is 1. The fraction of sp³-hybridized carbons (Fsp3) is 0. The van der Waals surface area contributed by atoms with Gasteiger partial charge >= 0.3 is 0 Å². The number of allylic oxidation sites excluding steroid dienone is 1. The molecule has 5 nitrogen and oxygen atoms in total. The van der Waals surface area contributed by atoms with E-state index in [2.05, 4.69) is 22.0 Å². The average molecular weight is 413 g/mol.